The minimum Gasteiger partial charge on any atom is -0.411 e. The van der Waals surface area contributed by atoms with Gasteiger partial charge in [-0.25, -0.2) is 9.98 Å². The quantitative estimate of drug-likeness (QED) is 0.384. The Kier molecular flexibility index (Phi) is 7.03. The molecule has 0 amide bonds. The van der Waals surface area contributed by atoms with Gasteiger partial charge < -0.3 is 10.5 Å². The van der Waals surface area contributed by atoms with Crippen LogP contribution < -0.4 is 5.32 Å². The van der Waals surface area contributed by atoms with Crippen LogP contribution in [-0.4, -0.2) is 29.1 Å². The van der Waals surface area contributed by atoms with Crippen LogP contribution in [0.2, 0.25) is 0 Å². The van der Waals surface area contributed by atoms with E-state index in [4.69, 9.17) is 4.99 Å². The topological polar surface area (TPSA) is 69.3 Å². The van der Waals surface area contributed by atoms with E-state index in [2.05, 4.69) is 84.8 Å². The van der Waals surface area contributed by atoms with Crippen LogP contribution in [0.3, 0.4) is 0 Å². The van der Waals surface area contributed by atoms with Crippen molar-refractivity contribution in [1.82, 2.24) is 5.32 Å². The van der Waals surface area contributed by atoms with Crippen LogP contribution in [-0.2, 0) is 13.0 Å². The third-order valence-electron chi connectivity index (χ3n) is 5.76. The van der Waals surface area contributed by atoms with Crippen LogP contribution in [0.5, 0.6) is 0 Å². The van der Waals surface area contributed by atoms with Crippen molar-refractivity contribution < 1.29 is 5.21 Å². The Bertz CT molecular complexity index is 929. The van der Waals surface area contributed by atoms with Crippen molar-refractivity contribution >= 4 is 17.9 Å². The molecule has 158 valence electrons. The molecule has 5 nitrogen and oxygen atoms in total. The van der Waals surface area contributed by atoms with Gasteiger partial charge in [0.15, 0.2) is 0 Å². The average molecular weight is 405 g/mol. The fourth-order valence-corrected chi connectivity index (χ4v) is 3.83. The molecule has 1 aliphatic rings. The first kappa shape index (κ1) is 21.8. The minimum atomic E-state index is -0.246. The van der Waals surface area contributed by atoms with Gasteiger partial charge in [0.25, 0.3) is 0 Å². The van der Waals surface area contributed by atoms with Crippen molar-refractivity contribution in [2.75, 3.05) is 0 Å². The van der Waals surface area contributed by atoms with Gasteiger partial charge >= 0.3 is 0 Å². The Balaban J connectivity index is 1.76. The van der Waals surface area contributed by atoms with Crippen molar-refractivity contribution in [1.29, 1.82) is 0 Å². The SMILES string of the molecule is C/C(C[C@@]1(C)C=NC(=NCc2ccc(C)cc2)NC1CCc1ccc(C)cc1)=N\O. The van der Waals surface area contributed by atoms with E-state index in [0.717, 1.165) is 18.4 Å². The zero-order chi connectivity index (χ0) is 21.6. The second kappa shape index (κ2) is 9.70. The van der Waals surface area contributed by atoms with Crippen LogP contribution in [0, 0.1) is 19.3 Å². The maximum atomic E-state index is 9.18. The molecule has 1 aliphatic heterocycles. The Morgan fingerprint density at radius 3 is 2.23 bits per heavy atom. The standard InChI is InChI=1S/C25H32N4O/c1-18-5-9-21(10-6-18)13-14-23-25(4,15-20(3)29-30)17-27-24(28-23)26-16-22-11-7-19(2)8-12-22/h5-12,17,23,30H,13-16H2,1-4H3,(H,26,28)/b29-20+/t23?,25-/m0/s1. The van der Waals surface area contributed by atoms with Gasteiger partial charge in [-0.1, -0.05) is 71.7 Å². The summed E-state index contributed by atoms with van der Waals surface area (Å²) in [5.74, 6) is 0.667. The molecule has 0 aromatic heterocycles. The van der Waals surface area contributed by atoms with Gasteiger partial charge in [0.2, 0.25) is 5.96 Å². The van der Waals surface area contributed by atoms with Gasteiger partial charge in [-0.05, 0) is 44.7 Å². The van der Waals surface area contributed by atoms with Crippen LogP contribution >= 0.6 is 0 Å². The lowest BCUT2D eigenvalue weighted by Gasteiger charge is -2.38. The average Bonchev–Trinajstić information content (AvgIpc) is 2.74. The third-order valence-corrected chi connectivity index (χ3v) is 5.76. The van der Waals surface area contributed by atoms with Crippen molar-refractivity contribution in [3.8, 4) is 0 Å². The first-order valence-electron chi connectivity index (χ1n) is 10.5. The first-order valence-corrected chi connectivity index (χ1v) is 10.5. The van der Waals surface area contributed by atoms with Gasteiger partial charge in [-0.15, -0.1) is 0 Å². The summed E-state index contributed by atoms with van der Waals surface area (Å²) in [5, 5.41) is 16.1. The number of hydrogen-bond donors (Lipinski definition) is 2. The molecule has 2 aromatic carbocycles. The molecule has 3 rings (SSSR count). The number of hydrogen-bond acceptors (Lipinski definition) is 3. The lowest BCUT2D eigenvalue weighted by atomic mass is 9.76. The van der Waals surface area contributed by atoms with E-state index >= 15 is 0 Å². The van der Waals surface area contributed by atoms with Crippen molar-refractivity contribution in [2.24, 2.45) is 20.6 Å². The molecule has 1 heterocycles. The molecule has 0 bridgehead atoms. The van der Waals surface area contributed by atoms with Gasteiger partial charge in [-0.2, -0.15) is 0 Å². The first-order chi connectivity index (χ1) is 14.4. The number of aryl methyl sites for hydroxylation is 3. The van der Waals surface area contributed by atoms with Crippen molar-refractivity contribution in [3.05, 3.63) is 70.8 Å². The van der Waals surface area contributed by atoms with E-state index in [-0.39, 0.29) is 11.5 Å². The fraction of sp³-hybridized carbons (Fsp3) is 0.400. The summed E-state index contributed by atoms with van der Waals surface area (Å²) in [4.78, 5) is 9.29. The maximum absolute atomic E-state index is 9.18. The van der Waals surface area contributed by atoms with E-state index in [1.165, 1.54) is 16.7 Å². The zero-order valence-electron chi connectivity index (χ0n) is 18.4. The van der Waals surface area contributed by atoms with Crippen LogP contribution in [0.1, 0.15) is 48.9 Å². The fourth-order valence-electron chi connectivity index (χ4n) is 3.83. The predicted octanol–water partition coefficient (Wildman–Crippen LogP) is 5.08. The number of rotatable bonds is 7. The molecule has 0 fully saturated rings. The number of oxime groups is 1. The summed E-state index contributed by atoms with van der Waals surface area (Å²) in [5.41, 5.74) is 5.45. The van der Waals surface area contributed by atoms with E-state index < -0.39 is 0 Å². The van der Waals surface area contributed by atoms with Crippen LogP contribution in [0.4, 0.5) is 0 Å². The number of guanidine groups is 1. The Morgan fingerprint density at radius 2 is 1.63 bits per heavy atom. The number of nitrogens with zero attached hydrogens (tertiary/aromatic N) is 3. The zero-order valence-corrected chi connectivity index (χ0v) is 18.4. The Labute approximate surface area is 179 Å². The summed E-state index contributed by atoms with van der Waals surface area (Å²) in [7, 11) is 0. The molecule has 1 unspecified atom stereocenters. The molecule has 0 radical (unpaired) electrons. The lowest BCUT2D eigenvalue weighted by Crippen LogP contribution is -2.51. The number of aliphatic imine (C=N–C) groups is 2. The van der Waals surface area contributed by atoms with Gasteiger partial charge in [0.1, 0.15) is 0 Å². The number of nitrogens with one attached hydrogen (secondary N) is 1. The van der Waals surface area contributed by atoms with Gasteiger partial charge in [-0.3, -0.25) is 0 Å². The third kappa shape index (κ3) is 5.78. The molecule has 0 spiro atoms. The van der Waals surface area contributed by atoms with E-state index in [1.54, 1.807) is 0 Å². The Hall–Kier alpha value is -2.95. The molecule has 30 heavy (non-hydrogen) atoms. The monoisotopic (exact) mass is 404 g/mol. The second-order valence-corrected chi connectivity index (χ2v) is 8.62. The number of benzene rings is 2. The minimum absolute atomic E-state index is 0.143. The highest BCUT2D eigenvalue weighted by Crippen LogP contribution is 2.30. The molecule has 0 saturated heterocycles. The molecular formula is C25H32N4O. The highest BCUT2D eigenvalue weighted by Gasteiger charge is 2.36. The second-order valence-electron chi connectivity index (χ2n) is 8.62. The van der Waals surface area contributed by atoms with E-state index in [1.807, 2.05) is 13.1 Å². The van der Waals surface area contributed by atoms with Crippen molar-refractivity contribution in [3.63, 3.8) is 0 Å². The van der Waals surface area contributed by atoms with Gasteiger partial charge in [0, 0.05) is 24.1 Å². The molecular weight excluding hydrogens is 372 g/mol. The maximum Gasteiger partial charge on any atom is 0.218 e. The molecule has 0 aliphatic carbocycles. The summed E-state index contributed by atoms with van der Waals surface area (Å²) in [6.07, 6.45) is 4.52. The Morgan fingerprint density at radius 1 is 1.03 bits per heavy atom. The summed E-state index contributed by atoms with van der Waals surface area (Å²) >= 11 is 0. The van der Waals surface area contributed by atoms with E-state index in [9.17, 15) is 5.21 Å². The molecule has 2 atom stereocenters. The molecule has 0 saturated carbocycles. The highest BCUT2D eigenvalue weighted by atomic mass is 16.4. The molecule has 5 heteroatoms. The molecule has 2 N–H and O–H groups in total. The summed E-state index contributed by atoms with van der Waals surface area (Å²) in [6.45, 7) is 8.79. The largest absolute Gasteiger partial charge is 0.411 e. The normalized spacial score (nSPS) is 22.9. The predicted molar refractivity (Wildman–Crippen MR) is 125 cm³/mol. The van der Waals surface area contributed by atoms with Crippen molar-refractivity contribution in [2.45, 2.75) is 59.5 Å². The van der Waals surface area contributed by atoms with Crippen LogP contribution in [0.25, 0.3) is 0 Å². The lowest BCUT2D eigenvalue weighted by molar-refractivity contribution is 0.303. The highest BCUT2D eigenvalue weighted by molar-refractivity contribution is 5.95. The van der Waals surface area contributed by atoms with Gasteiger partial charge in [0.05, 0.1) is 12.3 Å². The van der Waals surface area contributed by atoms with Crippen LogP contribution in [0.15, 0.2) is 63.7 Å². The van der Waals surface area contributed by atoms with E-state index in [0.29, 0.717) is 24.6 Å². The summed E-state index contributed by atoms with van der Waals surface area (Å²) < 4.78 is 0. The summed E-state index contributed by atoms with van der Waals surface area (Å²) in [6, 6.07) is 17.2. The smallest absolute Gasteiger partial charge is 0.218 e. The molecule has 2 aromatic rings.